The molecule has 2 saturated heterocycles. The van der Waals surface area contributed by atoms with Crippen molar-refractivity contribution < 1.29 is 19.2 Å². The van der Waals surface area contributed by atoms with Crippen LogP contribution in [0, 0.1) is 18.8 Å². The Morgan fingerprint density at radius 2 is 1.53 bits per heavy atom. The van der Waals surface area contributed by atoms with E-state index in [0.29, 0.717) is 11.1 Å². The molecule has 7 heteroatoms. The number of nitrogens with zero attached hydrogens (tertiary/aromatic N) is 2. The monoisotopic (exact) mass is 405 g/mol. The normalized spacial score (nSPS) is 25.5. The van der Waals surface area contributed by atoms with Crippen molar-refractivity contribution in [3.63, 3.8) is 0 Å². The summed E-state index contributed by atoms with van der Waals surface area (Å²) in [4.78, 5) is 54.7. The molecule has 2 aromatic carbocycles. The number of fused-ring (bicyclic) bond motifs is 1. The molecule has 4 unspecified atom stereocenters. The maximum absolute atomic E-state index is 13.5. The molecule has 0 radical (unpaired) electrons. The summed E-state index contributed by atoms with van der Waals surface area (Å²) in [5, 5.41) is 0. The summed E-state index contributed by atoms with van der Waals surface area (Å²) in [5.74, 6) is -3.85. The third-order valence-electron chi connectivity index (χ3n) is 6.05. The van der Waals surface area contributed by atoms with Gasteiger partial charge in [-0.1, -0.05) is 48.0 Å². The number of likely N-dealkylation sites (tertiary alicyclic amines) is 2. The van der Waals surface area contributed by atoms with Gasteiger partial charge in [-0.25, -0.2) is 0 Å². The minimum atomic E-state index is -1.19. The summed E-state index contributed by atoms with van der Waals surface area (Å²) in [6, 6.07) is 14.0. The molecule has 2 fully saturated rings. The third kappa shape index (κ3) is 2.89. The van der Waals surface area contributed by atoms with E-state index >= 15 is 0 Å². The van der Waals surface area contributed by atoms with Crippen molar-refractivity contribution in [3.8, 4) is 0 Å². The van der Waals surface area contributed by atoms with E-state index in [9.17, 15) is 19.2 Å². The standard InChI is InChI=1S/C23H23N3O4/c1-3-25-22(29)16-17(23(25)30)19(20(24)27)26(21(28)15-7-5-4-6-8-15)18(16)14-11-9-13(2)10-12-14/h4-12,16-19H,3H2,1-2H3,(H2,24,27). The zero-order valence-corrected chi connectivity index (χ0v) is 16.8. The smallest absolute Gasteiger partial charge is 0.255 e. The number of nitrogens with two attached hydrogens (primary N) is 1. The van der Waals surface area contributed by atoms with Gasteiger partial charge in [0.15, 0.2) is 0 Å². The van der Waals surface area contributed by atoms with Gasteiger partial charge in [-0.05, 0) is 31.5 Å². The predicted octanol–water partition coefficient (Wildman–Crippen LogP) is 1.67. The van der Waals surface area contributed by atoms with Crippen LogP contribution in [0.15, 0.2) is 54.6 Å². The van der Waals surface area contributed by atoms with Crippen LogP contribution in [-0.2, 0) is 14.4 Å². The van der Waals surface area contributed by atoms with Crippen molar-refractivity contribution in [1.82, 2.24) is 9.80 Å². The second-order valence-corrected chi connectivity index (χ2v) is 7.75. The van der Waals surface area contributed by atoms with E-state index in [2.05, 4.69) is 0 Å². The molecule has 30 heavy (non-hydrogen) atoms. The largest absolute Gasteiger partial charge is 0.368 e. The first-order chi connectivity index (χ1) is 14.4. The molecular formula is C23H23N3O4. The Morgan fingerprint density at radius 1 is 0.933 bits per heavy atom. The molecule has 2 N–H and O–H groups in total. The highest BCUT2D eigenvalue weighted by atomic mass is 16.2. The Labute approximate surface area is 174 Å². The van der Waals surface area contributed by atoms with E-state index in [1.165, 1.54) is 4.90 Å². The molecule has 4 rings (SSSR count). The van der Waals surface area contributed by atoms with Gasteiger partial charge in [-0.3, -0.25) is 24.1 Å². The van der Waals surface area contributed by atoms with Gasteiger partial charge in [-0.2, -0.15) is 0 Å². The number of carbonyl (C=O) groups excluding carboxylic acids is 4. The SMILES string of the molecule is CCN1C(=O)C2C(C1=O)C(c1ccc(C)cc1)N(C(=O)c1ccccc1)C2C(N)=O. The first-order valence-corrected chi connectivity index (χ1v) is 9.95. The van der Waals surface area contributed by atoms with Crippen molar-refractivity contribution in [2.45, 2.75) is 25.9 Å². The lowest BCUT2D eigenvalue weighted by atomic mass is 9.86. The Hall–Kier alpha value is -3.48. The Morgan fingerprint density at radius 3 is 2.10 bits per heavy atom. The molecule has 4 amide bonds. The highest BCUT2D eigenvalue weighted by Gasteiger charge is 2.64. The molecule has 2 aliphatic heterocycles. The van der Waals surface area contributed by atoms with Crippen LogP contribution in [-0.4, -0.2) is 46.0 Å². The first-order valence-electron chi connectivity index (χ1n) is 9.95. The van der Waals surface area contributed by atoms with E-state index in [1.54, 1.807) is 37.3 Å². The van der Waals surface area contributed by atoms with Crippen molar-refractivity contribution in [2.75, 3.05) is 6.54 Å². The molecule has 4 atom stereocenters. The second kappa shape index (κ2) is 7.40. The Kier molecular flexibility index (Phi) is 4.89. The average molecular weight is 405 g/mol. The molecule has 0 aliphatic carbocycles. The highest BCUT2D eigenvalue weighted by Crippen LogP contribution is 2.50. The number of hydrogen-bond donors (Lipinski definition) is 1. The number of primary amides is 1. The van der Waals surface area contributed by atoms with Gasteiger partial charge >= 0.3 is 0 Å². The van der Waals surface area contributed by atoms with Crippen LogP contribution in [0.3, 0.4) is 0 Å². The molecule has 0 spiro atoms. The van der Waals surface area contributed by atoms with Crippen LogP contribution in [0.5, 0.6) is 0 Å². The predicted molar refractivity (Wildman–Crippen MR) is 109 cm³/mol. The molecule has 154 valence electrons. The summed E-state index contributed by atoms with van der Waals surface area (Å²) in [6.07, 6.45) is 0. The third-order valence-corrected chi connectivity index (χ3v) is 6.05. The minimum Gasteiger partial charge on any atom is -0.368 e. The van der Waals surface area contributed by atoms with Gasteiger partial charge in [0.2, 0.25) is 17.7 Å². The van der Waals surface area contributed by atoms with Crippen molar-refractivity contribution in [1.29, 1.82) is 0 Å². The summed E-state index contributed by atoms with van der Waals surface area (Å²) < 4.78 is 0. The first kappa shape index (κ1) is 19.8. The van der Waals surface area contributed by atoms with Gasteiger partial charge in [0, 0.05) is 12.1 Å². The number of imide groups is 1. The lowest BCUT2D eigenvalue weighted by molar-refractivity contribution is -0.142. The van der Waals surface area contributed by atoms with E-state index in [4.69, 9.17) is 5.73 Å². The summed E-state index contributed by atoms with van der Waals surface area (Å²) in [6.45, 7) is 3.86. The fourth-order valence-electron chi connectivity index (χ4n) is 4.70. The van der Waals surface area contributed by atoms with Gasteiger partial charge in [-0.15, -0.1) is 0 Å². The van der Waals surface area contributed by atoms with Crippen molar-refractivity contribution >= 4 is 23.6 Å². The van der Waals surface area contributed by atoms with Crippen LogP contribution in [0.2, 0.25) is 0 Å². The summed E-state index contributed by atoms with van der Waals surface area (Å²) >= 11 is 0. The maximum Gasteiger partial charge on any atom is 0.255 e. The van der Waals surface area contributed by atoms with Gasteiger partial charge in [0.05, 0.1) is 17.9 Å². The molecule has 2 aromatic rings. The van der Waals surface area contributed by atoms with E-state index < -0.39 is 41.6 Å². The highest BCUT2D eigenvalue weighted by molar-refractivity contribution is 6.10. The topological polar surface area (TPSA) is 101 Å². The van der Waals surface area contributed by atoms with Crippen LogP contribution < -0.4 is 5.73 Å². The lowest BCUT2D eigenvalue weighted by Gasteiger charge is -2.32. The van der Waals surface area contributed by atoms with Gasteiger partial charge in [0.25, 0.3) is 5.91 Å². The van der Waals surface area contributed by atoms with Crippen LogP contribution in [0.1, 0.15) is 34.5 Å². The zero-order valence-electron chi connectivity index (χ0n) is 16.8. The summed E-state index contributed by atoms with van der Waals surface area (Å²) in [7, 11) is 0. The van der Waals surface area contributed by atoms with Crippen molar-refractivity contribution in [3.05, 3.63) is 71.3 Å². The van der Waals surface area contributed by atoms with E-state index in [1.807, 2.05) is 31.2 Å². The number of hydrogen-bond acceptors (Lipinski definition) is 4. The lowest BCUT2D eigenvalue weighted by Crippen LogP contribution is -2.50. The van der Waals surface area contributed by atoms with Gasteiger partial charge in [0.1, 0.15) is 6.04 Å². The molecule has 0 aromatic heterocycles. The maximum atomic E-state index is 13.5. The number of carbonyl (C=O) groups is 4. The van der Waals surface area contributed by atoms with Gasteiger partial charge < -0.3 is 10.6 Å². The number of rotatable bonds is 4. The fraction of sp³-hybridized carbons (Fsp3) is 0.304. The number of aryl methyl sites for hydroxylation is 1. The molecule has 0 saturated carbocycles. The fourth-order valence-corrected chi connectivity index (χ4v) is 4.70. The number of amides is 4. The minimum absolute atomic E-state index is 0.212. The Balaban J connectivity index is 1.90. The molecular weight excluding hydrogens is 382 g/mol. The zero-order chi connectivity index (χ0) is 21.6. The summed E-state index contributed by atoms with van der Waals surface area (Å²) in [5.41, 5.74) is 7.79. The van der Waals surface area contributed by atoms with Crippen LogP contribution >= 0.6 is 0 Å². The van der Waals surface area contributed by atoms with Crippen LogP contribution in [0.25, 0.3) is 0 Å². The molecule has 0 bridgehead atoms. The van der Waals surface area contributed by atoms with Crippen LogP contribution in [0.4, 0.5) is 0 Å². The van der Waals surface area contributed by atoms with E-state index in [-0.39, 0.29) is 12.5 Å². The molecule has 2 heterocycles. The quantitative estimate of drug-likeness (QED) is 0.782. The van der Waals surface area contributed by atoms with Crippen molar-refractivity contribution in [2.24, 2.45) is 17.6 Å². The molecule has 2 aliphatic rings. The van der Waals surface area contributed by atoms with E-state index in [0.717, 1.165) is 10.5 Å². The molecule has 7 nitrogen and oxygen atoms in total. The number of benzene rings is 2. The Bertz CT molecular complexity index is 1020. The second-order valence-electron chi connectivity index (χ2n) is 7.75. The average Bonchev–Trinajstić information content (AvgIpc) is 3.22.